The Bertz CT molecular complexity index is 650. The van der Waals surface area contributed by atoms with Crippen molar-refractivity contribution in [2.45, 2.75) is 45.2 Å². The van der Waals surface area contributed by atoms with Gasteiger partial charge < -0.3 is 19.7 Å². The van der Waals surface area contributed by atoms with Crippen LogP contribution in [-0.4, -0.2) is 75.4 Å². The van der Waals surface area contributed by atoms with Crippen LogP contribution in [0.25, 0.3) is 0 Å². The molecule has 2 rings (SSSR count). The smallest absolute Gasteiger partial charge is 0.193 e. The Labute approximate surface area is 206 Å². The SMILES string of the molecule is C=CCCCN(C)C(=NCc1cccc(OCCN(C)C2CCOCC2)c1)NCC.I. The number of halogens is 1. The molecule has 0 unspecified atom stereocenters. The van der Waals surface area contributed by atoms with Crippen molar-refractivity contribution in [2.75, 3.05) is 53.6 Å². The molecular weight excluding hydrogens is 503 g/mol. The average molecular weight is 545 g/mol. The molecule has 0 aromatic heterocycles. The summed E-state index contributed by atoms with van der Waals surface area (Å²) in [6, 6.07) is 8.87. The number of allylic oxidation sites excluding steroid dienone is 1. The molecule has 176 valence electrons. The fourth-order valence-electron chi connectivity index (χ4n) is 3.56. The lowest BCUT2D eigenvalue weighted by Gasteiger charge is -2.31. The van der Waals surface area contributed by atoms with Crippen LogP contribution in [0.2, 0.25) is 0 Å². The lowest BCUT2D eigenvalue weighted by Crippen LogP contribution is -2.39. The van der Waals surface area contributed by atoms with Gasteiger partial charge >= 0.3 is 0 Å². The van der Waals surface area contributed by atoms with E-state index in [4.69, 9.17) is 14.5 Å². The summed E-state index contributed by atoms with van der Waals surface area (Å²) < 4.78 is 11.5. The van der Waals surface area contributed by atoms with Crippen LogP contribution in [0, 0.1) is 0 Å². The van der Waals surface area contributed by atoms with Crippen molar-refractivity contribution in [1.29, 1.82) is 0 Å². The van der Waals surface area contributed by atoms with Gasteiger partial charge in [-0.05, 0) is 57.4 Å². The van der Waals surface area contributed by atoms with Crippen molar-refractivity contribution in [3.63, 3.8) is 0 Å². The summed E-state index contributed by atoms with van der Waals surface area (Å²) in [5, 5.41) is 3.38. The standard InChI is InChI=1S/C24H40N4O2.HI/c1-5-7-8-14-28(4)24(25-6-2)26-20-21-10-9-11-23(19-21)30-18-15-27(3)22-12-16-29-17-13-22;/h5,9-11,19,22H,1,6-8,12-18,20H2,2-4H3,(H,25,26);1H. The highest BCUT2D eigenvalue weighted by Gasteiger charge is 2.17. The van der Waals surface area contributed by atoms with Crippen LogP contribution in [0.3, 0.4) is 0 Å². The molecule has 1 fully saturated rings. The third-order valence-electron chi connectivity index (χ3n) is 5.43. The predicted molar refractivity (Wildman–Crippen MR) is 141 cm³/mol. The molecule has 1 aliphatic heterocycles. The summed E-state index contributed by atoms with van der Waals surface area (Å²) in [6.45, 7) is 11.7. The number of unbranched alkanes of at least 4 members (excludes halogenated alkanes) is 1. The molecule has 0 saturated carbocycles. The largest absolute Gasteiger partial charge is 0.492 e. The van der Waals surface area contributed by atoms with Crippen molar-refractivity contribution in [2.24, 2.45) is 4.99 Å². The second kappa shape index (κ2) is 16.3. The summed E-state index contributed by atoms with van der Waals surface area (Å²) in [7, 11) is 4.26. The Morgan fingerprint density at radius 1 is 1.29 bits per heavy atom. The number of ether oxygens (including phenoxy) is 2. The average Bonchev–Trinajstić information content (AvgIpc) is 2.77. The van der Waals surface area contributed by atoms with Crippen LogP contribution in [-0.2, 0) is 11.3 Å². The fraction of sp³-hybridized carbons (Fsp3) is 0.625. The zero-order chi connectivity index (χ0) is 21.6. The van der Waals surface area contributed by atoms with Crippen molar-refractivity contribution in [1.82, 2.24) is 15.1 Å². The Balaban J connectivity index is 0.00000480. The molecule has 31 heavy (non-hydrogen) atoms. The second-order valence-corrected chi connectivity index (χ2v) is 7.84. The number of aliphatic imine (C=N–C) groups is 1. The van der Waals surface area contributed by atoms with Gasteiger partial charge in [-0.3, -0.25) is 4.90 Å². The quantitative estimate of drug-likeness (QED) is 0.141. The van der Waals surface area contributed by atoms with Gasteiger partial charge in [0.05, 0.1) is 6.54 Å². The van der Waals surface area contributed by atoms with Crippen molar-refractivity contribution in [3.8, 4) is 5.75 Å². The van der Waals surface area contributed by atoms with E-state index in [1.807, 2.05) is 18.2 Å². The van der Waals surface area contributed by atoms with E-state index in [1.165, 1.54) is 0 Å². The number of rotatable bonds is 12. The molecule has 1 aromatic rings. The number of likely N-dealkylation sites (N-methyl/N-ethyl adjacent to an activating group) is 1. The number of nitrogens with one attached hydrogen (secondary N) is 1. The van der Waals surface area contributed by atoms with Gasteiger partial charge in [0.15, 0.2) is 5.96 Å². The summed E-state index contributed by atoms with van der Waals surface area (Å²) >= 11 is 0. The Hall–Kier alpha value is -1.32. The van der Waals surface area contributed by atoms with Gasteiger partial charge in [0.2, 0.25) is 0 Å². The monoisotopic (exact) mass is 544 g/mol. The van der Waals surface area contributed by atoms with Crippen molar-refractivity contribution < 1.29 is 9.47 Å². The van der Waals surface area contributed by atoms with Crippen LogP contribution in [0.1, 0.15) is 38.2 Å². The van der Waals surface area contributed by atoms with E-state index in [-0.39, 0.29) is 24.0 Å². The molecule has 0 spiro atoms. The Morgan fingerprint density at radius 3 is 2.77 bits per heavy atom. The van der Waals surface area contributed by atoms with Crippen molar-refractivity contribution in [3.05, 3.63) is 42.5 Å². The van der Waals surface area contributed by atoms with Gasteiger partial charge in [0, 0.05) is 45.9 Å². The van der Waals surface area contributed by atoms with E-state index >= 15 is 0 Å². The maximum atomic E-state index is 6.02. The van der Waals surface area contributed by atoms with Crippen LogP contribution in [0.5, 0.6) is 5.75 Å². The first-order valence-electron chi connectivity index (χ1n) is 11.2. The summed E-state index contributed by atoms with van der Waals surface area (Å²) in [5.74, 6) is 1.85. The lowest BCUT2D eigenvalue weighted by atomic mass is 10.1. The molecule has 0 aliphatic carbocycles. The minimum Gasteiger partial charge on any atom is -0.492 e. The maximum Gasteiger partial charge on any atom is 0.193 e. The van der Waals surface area contributed by atoms with E-state index in [0.29, 0.717) is 19.2 Å². The molecule has 0 amide bonds. The van der Waals surface area contributed by atoms with Gasteiger partial charge in [-0.1, -0.05) is 18.2 Å². The summed E-state index contributed by atoms with van der Waals surface area (Å²) in [6.07, 6.45) is 6.29. The minimum absolute atomic E-state index is 0. The van der Waals surface area contributed by atoms with E-state index in [0.717, 1.165) is 75.8 Å². The van der Waals surface area contributed by atoms with E-state index in [9.17, 15) is 0 Å². The molecule has 1 N–H and O–H groups in total. The first-order valence-corrected chi connectivity index (χ1v) is 11.2. The Kier molecular flexibility index (Phi) is 14.6. The summed E-state index contributed by atoms with van der Waals surface area (Å²) in [4.78, 5) is 9.37. The molecule has 0 atom stereocenters. The molecule has 1 aliphatic rings. The number of benzene rings is 1. The summed E-state index contributed by atoms with van der Waals surface area (Å²) in [5.41, 5.74) is 1.15. The van der Waals surface area contributed by atoms with Gasteiger partial charge in [-0.15, -0.1) is 30.6 Å². The van der Waals surface area contributed by atoms with Crippen LogP contribution < -0.4 is 10.1 Å². The van der Waals surface area contributed by atoms with E-state index in [1.54, 1.807) is 0 Å². The predicted octanol–water partition coefficient (Wildman–Crippen LogP) is 4.16. The highest BCUT2D eigenvalue weighted by Crippen LogP contribution is 2.16. The first kappa shape index (κ1) is 27.7. The molecule has 7 heteroatoms. The molecule has 1 heterocycles. The molecular formula is C24H41IN4O2. The fourth-order valence-corrected chi connectivity index (χ4v) is 3.56. The number of hydrogen-bond donors (Lipinski definition) is 1. The highest BCUT2D eigenvalue weighted by atomic mass is 127. The zero-order valence-electron chi connectivity index (χ0n) is 19.5. The van der Waals surface area contributed by atoms with E-state index in [2.05, 4.69) is 54.8 Å². The molecule has 1 aromatic carbocycles. The van der Waals surface area contributed by atoms with Crippen LogP contribution in [0.4, 0.5) is 0 Å². The van der Waals surface area contributed by atoms with Crippen molar-refractivity contribution >= 4 is 29.9 Å². The zero-order valence-corrected chi connectivity index (χ0v) is 21.8. The number of hydrogen-bond acceptors (Lipinski definition) is 4. The third-order valence-corrected chi connectivity index (χ3v) is 5.43. The molecule has 1 saturated heterocycles. The van der Waals surface area contributed by atoms with Gasteiger partial charge in [-0.25, -0.2) is 4.99 Å². The van der Waals surface area contributed by atoms with Gasteiger partial charge in [0.25, 0.3) is 0 Å². The Morgan fingerprint density at radius 2 is 2.06 bits per heavy atom. The highest BCUT2D eigenvalue weighted by molar-refractivity contribution is 14.0. The number of nitrogens with zero attached hydrogens (tertiary/aromatic N) is 3. The van der Waals surface area contributed by atoms with Gasteiger partial charge in [0.1, 0.15) is 12.4 Å². The third kappa shape index (κ3) is 10.7. The van der Waals surface area contributed by atoms with Crippen LogP contribution in [0.15, 0.2) is 41.9 Å². The molecule has 6 nitrogen and oxygen atoms in total. The number of guanidine groups is 1. The molecule has 0 bridgehead atoms. The molecule has 0 radical (unpaired) electrons. The lowest BCUT2D eigenvalue weighted by molar-refractivity contribution is 0.0392. The first-order chi connectivity index (χ1) is 14.6. The maximum absolute atomic E-state index is 6.02. The minimum atomic E-state index is 0. The second-order valence-electron chi connectivity index (χ2n) is 7.84. The van der Waals surface area contributed by atoms with E-state index < -0.39 is 0 Å². The normalized spacial score (nSPS) is 14.8. The van der Waals surface area contributed by atoms with Crippen LogP contribution >= 0.6 is 24.0 Å². The topological polar surface area (TPSA) is 49.3 Å². The van der Waals surface area contributed by atoms with Gasteiger partial charge in [-0.2, -0.15) is 0 Å².